The van der Waals surface area contributed by atoms with E-state index in [0.29, 0.717) is 32.0 Å². The first-order valence-corrected chi connectivity index (χ1v) is 15.0. The van der Waals surface area contributed by atoms with Crippen LogP contribution in [0.3, 0.4) is 0 Å². The number of carbonyl (C=O) groups is 1. The molecule has 3 rings (SSSR count). The largest absolute Gasteiger partial charge is 0.377 e. The molecule has 0 amide bonds. The summed E-state index contributed by atoms with van der Waals surface area (Å²) in [4.78, 5) is 11.9. The van der Waals surface area contributed by atoms with Gasteiger partial charge >= 0.3 is 0 Å². The first-order chi connectivity index (χ1) is 20.0. The van der Waals surface area contributed by atoms with Crippen LogP contribution in [0.15, 0.2) is 91.1 Å². The molecule has 2 aromatic carbocycles. The highest BCUT2D eigenvalue weighted by atomic mass is 16.7. The maximum Gasteiger partial charge on any atom is 0.197 e. The number of ether oxygens (including phenoxy) is 4. The minimum atomic E-state index is -1.05. The van der Waals surface area contributed by atoms with Gasteiger partial charge < -0.3 is 23.7 Å². The zero-order valence-corrected chi connectivity index (χ0v) is 25.1. The van der Waals surface area contributed by atoms with E-state index in [-0.39, 0.29) is 6.10 Å². The number of carbonyl (C=O) groups excluding carboxylic acids is 1. The predicted molar refractivity (Wildman–Crippen MR) is 166 cm³/mol. The number of hydrogen-bond acceptors (Lipinski definition) is 5. The van der Waals surface area contributed by atoms with Crippen LogP contribution in [0.5, 0.6) is 0 Å². The minimum absolute atomic E-state index is 0.170. The lowest BCUT2D eigenvalue weighted by atomic mass is 9.90. The number of allylic oxidation sites excluding steroid dienone is 2. The Morgan fingerprint density at radius 1 is 1.05 bits per heavy atom. The summed E-state index contributed by atoms with van der Waals surface area (Å²) in [6.45, 7) is 9.85. The highest BCUT2D eigenvalue weighted by molar-refractivity contribution is 5.56. The molecule has 1 heterocycles. The van der Waals surface area contributed by atoms with Gasteiger partial charge in [0.1, 0.15) is 12.4 Å². The van der Waals surface area contributed by atoms with Crippen LogP contribution in [0.1, 0.15) is 62.6 Å². The van der Waals surface area contributed by atoms with Gasteiger partial charge in [0.05, 0.1) is 19.3 Å². The number of aldehydes is 1. The number of hydrogen-bond donors (Lipinski definition) is 0. The Labute approximate surface area is 247 Å². The molecule has 0 bridgehead atoms. The molecule has 0 saturated carbocycles. The molecule has 5 heteroatoms. The monoisotopic (exact) mass is 560 g/mol. The Balaban J connectivity index is 1.66. The molecule has 0 spiro atoms. The lowest BCUT2D eigenvalue weighted by Crippen LogP contribution is -2.49. The van der Waals surface area contributed by atoms with Crippen molar-refractivity contribution < 1.29 is 23.7 Å². The summed E-state index contributed by atoms with van der Waals surface area (Å²) in [6.07, 6.45) is 14.3. The Bertz CT molecular complexity index is 1090. The van der Waals surface area contributed by atoms with Crippen LogP contribution in [0.25, 0.3) is 0 Å². The molecular weight excluding hydrogens is 512 g/mol. The van der Waals surface area contributed by atoms with Crippen molar-refractivity contribution in [3.63, 3.8) is 0 Å². The standard InChI is InChI=1S/C36H48O5/c1-5-23-39-24-10-9-12-30-18-20-31(21-19-30)15-11-16-33(22-17-29(2)3)36(38-4)26-34(25-35(27-37)41-36)40-28-32-13-7-6-8-14-32/h5-8,13-14,16-22,27,29,34-35H,1,9-12,15,23-26,28H2,2-4H3/b22-17-,33-16+/t34-,35-,36+/m0/s1. The van der Waals surface area contributed by atoms with E-state index in [1.807, 2.05) is 30.3 Å². The molecular formula is C36H48O5. The zero-order chi connectivity index (χ0) is 29.3. The Kier molecular flexibility index (Phi) is 14.2. The number of aryl methyl sites for hydroxylation is 2. The third-order valence-electron chi connectivity index (χ3n) is 7.30. The van der Waals surface area contributed by atoms with E-state index in [1.165, 1.54) is 11.1 Å². The summed E-state index contributed by atoms with van der Waals surface area (Å²) >= 11 is 0. The van der Waals surface area contributed by atoms with E-state index in [4.69, 9.17) is 18.9 Å². The Morgan fingerprint density at radius 2 is 1.78 bits per heavy atom. The zero-order valence-electron chi connectivity index (χ0n) is 25.1. The maximum atomic E-state index is 11.9. The molecule has 222 valence electrons. The fraction of sp³-hybridized carbons (Fsp3) is 0.472. The van der Waals surface area contributed by atoms with Gasteiger partial charge in [-0.3, -0.25) is 0 Å². The lowest BCUT2D eigenvalue weighted by Gasteiger charge is -2.43. The first kappa shape index (κ1) is 32.7. The van der Waals surface area contributed by atoms with Gasteiger partial charge in [0, 0.05) is 32.1 Å². The molecule has 1 fully saturated rings. The summed E-state index contributed by atoms with van der Waals surface area (Å²) in [7, 11) is 1.66. The molecule has 41 heavy (non-hydrogen) atoms. The molecule has 3 atom stereocenters. The molecule has 0 aliphatic carbocycles. The summed E-state index contributed by atoms with van der Waals surface area (Å²) < 4.78 is 24.2. The van der Waals surface area contributed by atoms with Crippen molar-refractivity contribution in [1.82, 2.24) is 0 Å². The van der Waals surface area contributed by atoms with Crippen molar-refractivity contribution in [2.45, 2.75) is 83.4 Å². The van der Waals surface area contributed by atoms with E-state index < -0.39 is 11.9 Å². The Hall–Kier alpha value is -2.83. The third kappa shape index (κ3) is 11.2. The van der Waals surface area contributed by atoms with Crippen molar-refractivity contribution in [3.8, 4) is 0 Å². The molecule has 1 saturated heterocycles. The van der Waals surface area contributed by atoms with Gasteiger partial charge in [0.15, 0.2) is 5.79 Å². The van der Waals surface area contributed by atoms with E-state index in [9.17, 15) is 4.79 Å². The molecule has 5 nitrogen and oxygen atoms in total. The van der Waals surface area contributed by atoms with Crippen LogP contribution in [0.2, 0.25) is 0 Å². The van der Waals surface area contributed by atoms with Crippen molar-refractivity contribution in [2.75, 3.05) is 20.3 Å². The van der Waals surface area contributed by atoms with Crippen LogP contribution in [-0.2, 0) is 43.2 Å². The van der Waals surface area contributed by atoms with Crippen molar-refractivity contribution in [2.24, 2.45) is 5.92 Å². The Morgan fingerprint density at radius 3 is 2.44 bits per heavy atom. The van der Waals surface area contributed by atoms with Crippen LogP contribution in [-0.4, -0.2) is 44.6 Å². The van der Waals surface area contributed by atoms with Gasteiger partial charge in [-0.05, 0) is 54.7 Å². The van der Waals surface area contributed by atoms with Crippen LogP contribution < -0.4 is 0 Å². The van der Waals surface area contributed by atoms with Gasteiger partial charge in [-0.15, -0.1) is 6.58 Å². The summed E-state index contributed by atoms with van der Waals surface area (Å²) in [6, 6.07) is 19.0. The van der Waals surface area contributed by atoms with Crippen LogP contribution >= 0.6 is 0 Å². The topological polar surface area (TPSA) is 54.0 Å². The van der Waals surface area contributed by atoms with E-state index in [0.717, 1.165) is 56.1 Å². The van der Waals surface area contributed by atoms with Gasteiger partial charge in [-0.25, -0.2) is 0 Å². The van der Waals surface area contributed by atoms with Crippen LogP contribution in [0, 0.1) is 5.92 Å². The molecule has 1 aliphatic heterocycles. The minimum Gasteiger partial charge on any atom is -0.377 e. The van der Waals surface area contributed by atoms with Gasteiger partial charge in [-0.2, -0.15) is 0 Å². The predicted octanol–water partition coefficient (Wildman–Crippen LogP) is 7.59. The SMILES string of the molecule is C=CCOCCCCc1ccc(CC/C=C(\C=C/C(C)C)[C@@]2(OC)C[C@@H](OCc3ccccc3)C[C@@H](C=O)O2)cc1. The van der Waals surface area contributed by atoms with Gasteiger partial charge in [-0.1, -0.05) is 92.7 Å². The molecule has 0 aromatic heterocycles. The van der Waals surface area contributed by atoms with E-state index >= 15 is 0 Å². The second-order valence-corrected chi connectivity index (χ2v) is 11.0. The highest BCUT2D eigenvalue weighted by Crippen LogP contribution is 2.38. The third-order valence-corrected chi connectivity index (χ3v) is 7.30. The quantitative estimate of drug-likeness (QED) is 0.0814. The summed E-state index contributed by atoms with van der Waals surface area (Å²) in [5.74, 6) is -0.681. The molecule has 0 radical (unpaired) electrons. The highest BCUT2D eigenvalue weighted by Gasteiger charge is 2.44. The number of benzene rings is 2. The van der Waals surface area contributed by atoms with Crippen molar-refractivity contribution >= 4 is 6.29 Å². The van der Waals surface area contributed by atoms with Gasteiger partial charge in [0.2, 0.25) is 0 Å². The normalized spacial score (nSPS) is 21.4. The number of rotatable bonds is 18. The molecule has 1 aliphatic rings. The van der Waals surface area contributed by atoms with Gasteiger partial charge in [0.25, 0.3) is 0 Å². The molecule has 2 aromatic rings. The van der Waals surface area contributed by atoms with Crippen molar-refractivity contribution in [3.05, 3.63) is 108 Å². The average molecular weight is 561 g/mol. The number of unbranched alkanes of at least 4 members (excludes halogenated alkanes) is 1. The summed E-state index contributed by atoms with van der Waals surface area (Å²) in [5, 5.41) is 0. The second-order valence-electron chi connectivity index (χ2n) is 11.0. The first-order valence-electron chi connectivity index (χ1n) is 15.0. The fourth-order valence-electron chi connectivity index (χ4n) is 5.03. The molecule has 0 unspecified atom stereocenters. The van der Waals surface area contributed by atoms with Crippen LogP contribution in [0.4, 0.5) is 0 Å². The second kappa shape index (κ2) is 17.9. The van der Waals surface area contributed by atoms with Crippen molar-refractivity contribution in [1.29, 1.82) is 0 Å². The number of methoxy groups -OCH3 is 1. The lowest BCUT2D eigenvalue weighted by molar-refractivity contribution is -0.259. The fourth-order valence-corrected chi connectivity index (χ4v) is 5.03. The average Bonchev–Trinajstić information content (AvgIpc) is 3.00. The smallest absolute Gasteiger partial charge is 0.197 e. The van der Waals surface area contributed by atoms with E-state index in [1.54, 1.807) is 13.2 Å². The van der Waals surface area contributed by atoms with E-state index in [2.05, 4.69) is 62.9 Å². The maximum absolute atomic E-state index is 11.9. The summed E-state index contributed by atoms with van der Waals surface area (Å²) in [5.41, 5.74) is 4.67. The molecule has 0 N–H and O–H groups in total.